The molecule has 4 rings (SSSR count). The molecule has 0 aliphatic rings. The zero-order chi connectivity index (χ0) is 19.0. The first-order chi connectivity index (χ1) is 13.2. The average molecular weight is 365 g/mol. The van der Waals surface area contributed by atoms with Gasteiger partial charge in [0.25, 0.3) is 5.56 Å². The zero-order valence-electron chi connectivity index (χ0n) is 15.8. The molecule has 1 atom stereocenters. The van der Waals surface area contributed by atoms with E-state index in [1.54, 1.807) is 18.0 Å². The number of aryl methyl sites for hydroxylation is 1. The first-order valence-electron chi connectivity index (χ1n) is 9.30. The molecule has 140 valence electrons. The Labute approximate surface area is 156 Å². The Balaban J connectivity index is 2.07. The highest BCUT2D eigenvalue weighted by molar-refractivity contribution is 6.04. The van der Waals surface area contributed by atoms with Gasteiger partial charge in [-0.25, -0.2) is 15.0 Å². The third-order valence-corrected chi connectivity index (χ3v) is 5.07. The van der Waals surface area contributed by atoms with Gasteiger partial charge >= 0.3 is 0 Å². The Morgan fingerprint density at radius 1 is 1.15 bits per heavy atom. The third-order valence-electron chi connectivity index (χ3n) is 5.07. The van der Waals surface area contributed by atoms with Crippen LogP contribution in [0.5, 0.6) is 0 Å². The number of benzene rings is 1. The van der Waals surface area contributed by atoms with Crippen molar-refractivity contribution < 1.29 is 4.74 Å². The topological polar surface area (TPSA) is 74.8 Å². The van der Waals surface area contributed by atoms with Crippen LogP contribution in [0.15, 0.2) is 35.4 Å². The van der Waals surface area contributed by atoms with Gasteiger partial charge in [-0.15, -0.1) is 0 Å². The number of nitrogens with zero attached hydrogens (tertiary/aromatic N) is 5. The lowest BCUT2D eigenvalue weighted by molar-refractivity contribution is 0.191. The Hall–Kier alpha value is -2.80. The van der Waals surface area contributed by atoms with Crippen LogP contribution in [-0.2, 0) is 11.3 Å². The predicted molar refractivity (Wildman–Crippen MR) is 106 cm³/mol. The fraction of sp³-hybridized carbons (Fsp3) is 0.400. The van der Waals surface area contributed by atoms with E-state index in [9.17, 15) is 4.79 Å². The number of aromatic nitrogens is 5. The van der Waals surface area contributed by atoms with Crippen molar-refractivity contribution in [3.05, 3.63) is 40.9 Å². The van der Waals surface area contributed by atoms with Crippen molar-refractivity contribution in [2.24, 2.45) is 0 Å². The highest BCUT2D eigenvalue weighted by Gasteiger charge is 2.20. The van der Waals surface area contributed by atoms with Gasteiger partial charge in [-0.1, -0.05) is 19.1 Å². The zero-order valence-corrected chi connectivity index (χ0v) is 15.8. The first kappa shape index (κ1) is 17.6. The molecule has 27 heavy (non-hydrogen) atoms. The SMILES string of the molecule is CCC(C)n1cnc2c(c1=O)c1nc3ccccc3nc1n2CCCOC. The minimum absolute atomic E-state index is 0.0607. The van der Waals surface area contributed by atoms with E-state index in [0.29, 0.717) is 35.3 Å². The van der Waals surface area contributed by atoms with E-state index in [4.69, 9.17) is 14.7 Å². The van der Waals surface area contributed by atoms with Crippen molar-refractivity contribution in [3.8, 4) is 0 Å². The van der Waals surface area contributed by atoms with E-state index in [0.717, 1.165) is 23.9 Å². The molecule has 7 nitrogen and oxygen atoms in total. The highest BCUT2D eigenvalue weighted by Crippen LogP contribution is 2.25. The summed E-state index contributed by atoms with van der Waals surface area (Å²) in [6, 6.07) is 7.80. The van der Waals surface area contributed by atoms with Crippen molar-refractivity contribution in [3.63, 3.8) is 0 Å². The van der Waals surface area contributed by atoms with Crippen LogP contribution < -0.4 is 5.56 Å². The monoisotopic (exact) mass is 365 g/mol. The van der Waals surface area contributed by atoms with Gasteiger partial charge in [0.2, 0.25) is 0 Å². The molecule has 7 heteroatoms. The maximum absolute atomic E-state index is 13.2. The van der Waals surface area contributed by atoms with Crippen LogP contribution in [0.3, 0.4) is 0 Å². The lowest BCUT2D eigenvalue weighted by atomic mass is 10.2. The van der Waals surface area contributed by atoms with Crippen LogP contribution in [0.4, 0.5) is 0 Å². The fourth-order valence-electron chi connectivity index (χ4n) is 3.41. The molecule has 0 N–H and O–H groups in total. The summed E-state index contributed by atoms with van der Waals surface area (Å²) in [7, 11) is 1.68. The lowest BCUT2D eigenvalue weighted by Crippen LogP contribution is -2.23. The fourth-order valence-corrected chi connectivity index (χ4v) is 3.41. The number of rotatable bonds is 6. The average Bonchev–Trinajstić information content (AvgIpc) is 2.99. The maximum Gasteiger partial charge on any atom is 0.265 e. The van der Waals surface area contributed by atoms with E-state index in [-0.39, 0.29) is 11.6 Å². The van der Waals surface area contributed by atoms with Crippen LogP contribution >= 0.6 is 0 Å². The number of ether oxygens (including phenoxy) is 1. The number of para-hydroxylation sites is 2. The largest absolute Gasteiger partial charge is 0.385 e. The van der Waals surface area contributed by atoms with Crippen molar-refractivity contribution >= 4 is 33.2 Å². The van der Waals surface area contributed by atoms with Gasteiger partial charge in [0, 0.05) is 26.3 Å². The van der Waals surface area contributed by atoms with Gasteiger partial charge < -0.3 is 9.30 Å². The molecule has 0 bridgehead atoms. The first-order valence-corrected chi connectivity index (χ1v) is 9.30. The van der Waals surface area contributed by atoms with E-state index in [1.807, 2.05) is 35.8 Å². The van der Waals surface area contributed by atoms with Crippen LogP contribution in [0.1, 0.15) is 32.7 Å². The summed E-state index contributed by atoms with van der Waals surface area (Å²) in [5, 5.41) is 0.545. The second-order valence-corrected chi connectivity index (χ2v) is 6.80. The van der Waals surface area contributed by atoms with Crippen molar-refractivity contribution in [1.82, 2.24) is 24.1 Å². The van der Waals surface area contributed by atoms with E-state index in [1.165, 1.54) is 0 Å². The van der Waals surface area contributed by atoms with Gasteiger partial charge in [-0.2, -0.15) is 0 Å². The molecule has 0 aliphatic heterocycles. The quantitative estimate of drug-likeness (QED) is 0.490. The summed E-state index contributed by atoms with van der Waals surface area (Å²) in [5.74, 6) is 0. The molecule has 0 amide bonds. The van der Waals surface area contributed by atoms with Crippen LogP contribution in [0.2, 0.25) is 0 Å². The molecule has 0 saturated heterocycles. The minimum Gasteiger partial charge on any atom is -0.385 e. The molecule has 0 radical (unpaired) electrons. The number of hydrogen-bond acceptors (Lipinski definition) is 5. The number of fused-ring (bicyclic) bond motifs is 4. The minimum atomic E-state index is -0.0607. The van der Waals surface area contributed by atoms with Crippen LogP contribution in [0, 0.1) is 0 Å². The molecule has 1 unspecified atom stereocenters. The van der Waals surface area contributed by atoms with Gasteiger partial charge in [-0.3, -0.25) is 9.36 Å². The van der Waals surface area contributed by atoms with Crippen molar-refractivity contribution in [2.45, 2.75) is 39.3 Å². The molecular weight excluding hydrogens is 342 g/mol. The Bertz CT molecular complexity index is 1180. The standard InChI is InChI=1S/C20H23N5O2/c1-4-13(2)25-12-21-18-16(20(25)26)17-19(24(18)10-7-11-27-3)23-15-9-6-5-8-14(15)22-17/h5-6,8-9,12-13H,4,7,10-11H2,1-3H3. The predicted octanol–water partition coefficient (Wildman–Crippen LogP) is 3.30. The summed E-state index contributed by atoms with van der Waals surface area (Å²) >= 11 is 0. The van der Waals surface area contributed by atoms with Gasteiger partial charge in [-0.05, 0) is 31.9 Å². The van der Waals surface area contributed by atoms with Gasteiger partial charge in [0.05, 0.1) is 11.0 Å². The second kappa shape index (κ2) is 7.08. The van der Waals surface area contributed by atoms with Crippen molar-refractivity contribution in [1.29, 1.82) is 0 Å². The lowest BCUT2D eigenvalue weighted by Gasteiger charge is -2.12. The maximum atomic E-state index is 13.2. The van der Waals surface area contributed by atoms with Crippen molar-refractivity contribution in [2.75, 3.05) is 13.7 Å². The molecule has 4 aromatic rings. The van der Waals surface area contributed by atoms with Gasteiger partial charge in [0.1, 0.15) is 17.2 Å². The summed E-state index contributed by atoms with van der Waals surface area (Å²) in [6.45, 7) is 5.38. The molecule has 3 aromatic heterocycles. The Morgan fingerprint density at radius 3 is 2.59 bits per heavy atom. The van der Waals surface area contributed by atoms with E-state index >= 15 is 0 Å². The summed E-state index contributed by atoms with van der Waals surface area (Å²) in [4.78, 5) is 27.4. The summed E-state index contributed by atoms with van der Waals surface area (Å²) in [6.07, 6.45) is 3.30. The Kier molecular flexibility index (Phi) is 4.61. The highest BCUT2D eigenvalue weighted by atomic mass is 16.5. The molecule has 0 fully saturated rings. The third kappa shape index (κ3) is 2.88. The summed E-state index contributed by atoms with van der Waals surface area (Å²) in [5.41, 5.74) is 3.49. The summed E-state index contributed by atoms with van der Waals surface area (Å²) < 4.78 is 8.87. The molecule has 0 aliphatic carbocycles. The molecule has 3 heterocycles. The molecule has 1 aromatic carbocycles. The smallest absolute Gasteiger partial charge is 0.265 e. The van der Waals surface area contributed by atoms with E-state index in [2.05, 4.69) is 11.9 Å². The van der Waals surface area contributed by atoms with E-state index < -0.39 is 0 Å². The normalized spacial score (nSPS) is 13.0. The second-order valence-electron chi connectivity index (χ2n) is 6.80. The molecular formula is C20H23N5O2. The number of methoxy groups -OCH3 is 1. The van der Waals surface area contributed by atoms with Crippen LogP contribution in [-0.4, -0.2) is 37.8 Å². The Morgan fingerprint density at radius 2 is 1.89 bits per heavy atom. The molecule has 0 saturated carbocycles. The van der Waals surface area contributed by atoms with Gasteiger partial charge in [0.15, 0.2) is 11.3 Å². The number of hydrogen-bond donors (Lipinski definition) is 0. The van der Waals surface area contributed by atoms with Crippen LogP contribution in [0.25, 0.3) is 33.2 Å². The molecule has 0 spiro atoms.